The van der Waals surface area contributed by atoms with Crippen LogP contribution in [0, 0.1) is 0 Å². The van der Waals surface area contributed by atoms with Crippen molar-refractivity contribution in [1.29, 1.82) is 0 Å². The first-order valence-corrected chi connectivity index (χ1v) is 34.1. The zero-order chi connectivity index (χ0) is 56.0. The maximum atomic E-state index is 14.3. The van der Waals surface area contributed by atoms with E-state index >= 15 is 0 Å². The van der Waals surface area contributed by atoms with Gasteiger partial charge in [0.15, 0.2) is 6.10 Å². The number of amides is 1. The van der Waals surface area contributed by atoms with Crippen LogP contribution in [0.3, 0.4) is 0 Å². The Morgan fingerprint density at radius 3 is 1.06 bits per heavy atom. The second kappa shape index (κ2) is 53.0. The highest BCUT2D eigenvalue weighted by molar-refractivity contribution is 7.99. The smallest absolute Gasteiger partial charge is 0.330 e. The van der Waals surface area contributed by atoms with Gasteiger partial charge in [-0.3, -0.25) is 14.4 Å². The molecule has 2 atom stereocenters. The Hall–Kier alpha value is -3.33. The number of esters is 3. The molecule has 0 bridgehead atoms. The Bertz CT molecular complexity index is 1640. The molecule has 0 saturated carbocycles. The van der Waals surface area contributed by atoms with E-state index in [2.05, 4.69) is 26.1 Å². The van der Waals surface area contributed by atoms with Gasteiger partial charge in [-0.2, -0.15) is 11.8 Å². The van der Waals surface area contributed by atoms with E-state index < -0.39 is 24.2 Å². The van der Waals surface area contributed by atoms with E-state index in [4.69, 9.17) is 14.2 Å². The number of nitrogens with one attached hydrogen (secondary N) is 1. The lowest BCUT2D eigenvalue weighted by molar-refractivity contribution is -0.157. The number of rotatable bonds is 56. The Labute approximate surface area is 483 Å². The van der Waals surface area contributed by atoms with E-state index in [1.165, 1.54) is 217 Å². The normalized spacial score (nSPS) is 12.2. The number of hydrogen-bond donors (Lipinski definition) is 1. The molecule has 446 valence electrons. The van der Waals surface area contributed by atoms with E-state index in [-0.39, 0.29) is 30.2 Å². The second-order valence-corrected chi connectivity index (χ2v) is 23.9. The number of carbonyl (C=O) groups excluding carboxylic acids is 4. The summed E-state index contributed by atoms with van der Waals surface area (Å²) in [5.41, 5.74) is 1.67. The second-order valence-electron chi connectivity index (χ2n) is 22.8. The van der Waals surface area contributed by atoms with Crippen LogP contribution in [0.15, 0.2) is 60.7 Å². The summed E-state index contributed by atoms with van der Waals surface area (Å²) < 4.78 is 18.1. The quantitative estimate of drug-likeness (QED) is 0.0396. The fourth-order valence-corrected chi connectivity index (χ4v) is 11.4. The molecule has 2 rings (SSSR count). The zero-order valence-corrected chi connectivity index (χ0v) is 51.3. The predicted molar refractivity (Wildman–Crippen MR) is 331 cm³/mol. The Balaban J connectivity index is 1.97. The van der Waals surface area contributed by atoms with E-state index in [1.54, 1.807) is 0 Å². The van der Waals surface area contributed by atoms with Crippen molar-refractivity contribution in [3.05, 3.63) is 71.8 Å². The summed E-state index contributed by atoms with van der Waals surface area (Å²) in [4.78, 5) is 54.2. The fourth-order valence-electron chi connectivity index (χ4n) is 10.4. The van der Waals surface area contributed by atoms with E-state index in [9.17, 15) is 19.2 Å². The van der Waals surface area contributed by atoms with E-state index in [1.807, 2.05) is 60.7 Å². The third-order valence-corrected chi connectivity index (χ3v) is 16.5. The van der Waals surface area contributed by atoms with Gasteiger partial charge in [-0.25, -0.2) is 4.79 Å². The molecular formula is C69H117NO7S. The van der Waals surface area contributed by atoms with Crippen LogP contribution >= 0.6 is 11.8 Å². The molecule has 8 nitrogen and oxygen atoms in total. The summed E-state index contributed by atoms with van der Waals surface area (Å²) in [6.07, 6.45) is 50.4. The molecule has 0 heterocycles. The molecule has 9 heteroatoms. The number of unbranched alkanes of at least 4 members (excludes halogenated alkanes) is 38. The molecule has 0 saturated heterocycles. The summed E-state index contributed by atoms with van der Waals surface area (Å²) >= 11 is 1.40. The first-order chi connectivity index (χ1) is 38.4. The molecule has 2 aromatic rings. The van der Waals surface area contributed by atoms with Crippen LogP contribution in [0.5, 0.6) is 0 Å². The lowest BCUT2D eigenvalue weighted by atomic mass is 10.0. The van der Waals surface area contributed by atoms with Crippen LogP contribution in [-0.2, 0) is 33.4 Å². The summed E-state index contributed by atoms with van der Waals surface area (Å²) in [5, 5.41) is 3.04. The third-order valence-electron chi connectivity index (χ3n) is 15.4. The van der Waals surface area contributed by atoms with Crippen molar-refractivity contribution < 1.29 is 33.4 Å². The standard InChI is InChI=1S/C69H117NO7S/c1-4-7-10-13-16-19-22-25-26-29-30-33-36-39-48-55-65(71)70-64(69(74)77-68(61-51-44-42-45-52-61)62-53-46-43-47-54-62)60-78-59-63(76-67(73)57-50-41-38-35-32-28-24-21-18-15-12-9-6-3)58-75-66(72)56-49-40-37-34-31-27-23-20-17-14-11-8-5-2/h42-47,51-54,63-64,68H,4-41,48-50,55-60H2,1-3H3,(H,70,71)/t63-,64+/m1/s1. The highest BCUT2D eigenvalue weighted by Crippen LogP contribution is 2.27. The van der Waals surface area contributed by atoms with Gasteiger partial charge in [0.05, 0.1) is 0 Å². The van der Waals surface area contributed by atoms with Gasteiger partial charge in [-0.15, -0.1) is 0 Å². The highest BCUT2D eigenvalue weighted by atomic mass is 32.2. The van der Waals surface area contributed by atoms with Crippen molar-refractivity contribution in [3.63, 3.8) is 0 Å². The van der Waals surface area contributed by atoms with E-state index in [0.717, 1.165) is 68.9 Å². The Morgan fingerprint density at radius 2 is 0.705 bits per heavy atom. The van der Waals surface area contributed by atoms with Gasteiger partial charge >= 0.3 is 17.9 Å². The van der Waals surface area contributed by atoms with Crippen LogP contribution in [0.4, 0.5) is 0 Å². The summed E-state index contributed by atoms with van der Waals surface area (Å²) in [6, 6.07) is 18.4. The number of carbonyl (C=O) groups is 4. The molecule has 0 unspecified atom stereocenters. The molecule has 0 aliphatic heterocycles. The lowest BCUT2D eigenvalue weighted by Crippen LogP contribution is -2.44. The minimum atomic E-state index is -0.936. The molecule has 0 aliphatic carbocycles. The molecule has 78 heavy (non-hydrogen) atoms. The molecule has 0 fully saturated rings. The average Bonchev–Trinajstić information content (AvgIpc) is 3.45. The van der Waals surface area contributed by atoms with Gasteiger partial charge in [0.1, 0.15) is 18.8 Å². The maximum absolute atomic E-state index is 14.3. The van der Waals surface area contributed by atoms with Crippen molar-refractivity contribution in [2.24, 2.45) is 0 Å². The molecule has 1 N–H and O–H groups in total. The third kappa shape index (κ3) is 41.6. The predicted octanol–water partition coefficient (Wildman–Crippen LogP) is 20.2. The molecule has 0 aliphatic rings. The van der Waals surface area contributed by atoms with Crippen LogP contribution in [-0.4, -0.2) is 54.1 Å². The van der Waals surface area contributed by atoms with Crippen molar-refractivity contribution in [2.75, 3.05) is 18.1 Å². The SMILES string of the molecule is CCCCCCCCCCCCCCCCCC(=O)N[C@@H](CSC[C@@H](COC(=O)CCCCCCCCCCCCCCC)OC(=O)CCCCCCCCCCCCCCC)C(=O)OC(c1ccccc1)c1ccccc1. The van der Waals surface area contributed by atoms with Crippen LogP contribution < -0.4 is 5.32 Å². The molecular weight excluding hydrogens is 987 g/mol. The van der Waals surface area contributed by atoms with Crippen molar-refractivity contribution in [3.8, 4) is 0 Å². The van der Waals surface area contributed by atoms with Crippen LogP contribution in [0.1, 0.15) is 321 Å². The van der Waals surface area contributed by atoms with Crippen molar-refractivity contribution >= 4 is 35.6 Å². The van der Waals surface area contributed by atoms with Gasteiger partial charge in [0, 0.05) is 30.8 Å². The van der Waals surface area contributed by atoms with E-state index in [0.29, 0.717) is 25.0 Å². The van der Waals surface area contributed by atoms with Gasteiger partial charge in [0.25, 0.3) is 0 Å². The fraction of sp³-hybridized carbons (Fsp3) is 0.768. The van der Waals surface area contributed by atoms with Crippen LogP contribution in [0.25, 0.3) is 0 Å². The molecule has 0 aromatic heterocycles. The highest BCUT2D eigenvalue weighted by Gasteiger charge is 2.28. The summed E-state index contributed by atoms with van der Waals surface area (Å²) in [7, 11) is 0. The van der Waals surface area contributed by atoms with Gasteiger partial charge in [-0.05, 0) is 30.4 Å². The summed E-state index contributed by atoms with van der Waals surface area (Å²) in [6.45, 7) is 6.76. The van der Waals surface area contributed by atoms with Crippen molar-refractivity contribution in [2.45, 2.75) is 322 Å². The Kier molecular flexibility index (Phi) is 48.1. The first-order valence-electron chi connectivity index (χ1n) is 32.9. The van der Waals surface area contributed by atoms with Crippen molar-refractivity contribution in [1.82, 2.24) is 5.32 Å². The number of hydrogen-bond acceptors (Lipinski definition) is 8. The Morgan fingerprint density at radius 1 is 0.385 bits per heavy atom. The average molecular weight is 1100 g/mol. The minimum Gasteiger partial charge on any atom is -0.462 e. The zero-order valence-electron chi connectivity index (χ0n) is 50.5. The van der Waals surface area contributed by atoms with Gasteiger partial charge in [0.2, 0.25) is 5.91 Å². The first kappa shape index (κ1) is 70.8. The minimum absolute atomic E-state index is 0.0423. The number of thioether (sulfide) groups is 1. The summed E-state index contributed by atoms with van der Waals surface area (Å²) in [5.74, 6) is -0.759. The van der Waals surface area contributed by atoms with Crippen LogP contribution in [0.2, 0.25) is 0 Å². The number of ether oxygens (including phenoxy) is 3. The van der Waals surface area contributed by atoms with Gasteiger partial charge in [-0.1, -0.05) is 325 Å². The number of benzene rings is 2. The monoisotopic (exact) mass is 1100 g/mol. The molecule has 2 aromatic carbocycles. The maximum Gasteiger partial charge on any atom is 0.330 e. The topological polar surface area (TPSA) is 108 Å². The lowest BCUT2D eigenvalue weighted by Gasteiger charge is -2.24. The molecule has 1 amide bonds. The largest absolute Gasteiger partial charge is 0.462 e. The molecule has 0 spiro atoms. The van der Waals surface area contributed by atoms with Gasteiger partial charge < -0.3 is 19.5 Å². The molecule has 0 radical (unpaired) electrons.